The van der Waals surface area contributed by atoms with E-state index in [0.29, 0.717) is 0 Å². The highest BCUT2D eigenvalue weighted by atomic mass is 16.5. The van der Waals surface area contributed by atoms with Gasteiger partial charge in [-0.2, -0.15) is 0 Å². The molecule has 0 amide bonds. The van der Waals surface area contributed by atoms with Gasteiger partial charge < -0.3 is 4.74 Å². The summed E-state index contributed by atoms with van der Waals surface area (Å²) in [6.07, 6.45) is -0.0753. The molecule has 0 radical (unpaired) electrons. The van der Waals surface area contributed by atoms with Crippen molar-refractivity contribution in [3.8, 4) is 0 Å². The molecule has 2 rings (SSSR count). The highest BCUT2D eigenvalue weighted by Crippen LogP contribution is 2.32. The Morgan fingerprint density at radius 1 is 1.42 bits per heavy atom. The maximum atomic E-state index is 11.2. The molecule has 0 aromatic heterocycles. The van der Waals surface area contributed by atoms with Crippen molar-refractivity contribution in [1.82, 2.24) is 0 Å². The Bertz CT molecular complexity index is 342. The van der Waals surface area contributed by atoms with Gasteiger partial charge >= 0.3 is 5.97 Å². The fourth-order valence-electron chi connectivity index (χ4n) is 1.68. The third kappa shape index (κ3) is 0.843. The van der Waals surface area contributed by atoms with Gasteiger partial charge in [0.25, 0.3) is 0 Å². The Kier molecular flexibility index (Phi) is 1.43. The smallest absolute Gasteiger partial charge is 0.339 e. The molecule has 1 atom stereocenters. The summed E-state index contributed by atoms with van der Waals surface area (Å²) < 4.78 is 5.07. The van der Waals surface area contributed by atoms with Crippen LogP contribution in [0, 0.1) is 6.92 Å². The van der Waals surface area contributed by atoms with Crippen LogP contribution in [0.2, 0.25) is 0 Å². The minimum Gasteiger partial charge on any atom is -0.454 e. The summed E-state index contributed by atoms with van der Waals surface area (Å²) in [5.41, 5.74) is 2.90. The molecule has 1 heterocycles. The number of ether oxygens (including phenoxy) is 1. The largest absolute Gasteiger partial charge is 0.454 e. The van der Waals surface area contributed by atoms with Crippen LogP contribution in [0.1, 0.15) is 34.5 Å². The average molecular weight is 162 g/mol. The van der Waals surface area contributed by atoms with Gasteiger partial charge in [0.15, 0.2) is 0 Å². The van der Waals surface area contributed by atoms with Crippen LogP contribution >= 0.6 is 0 Å². The van der Waals surface area contributed by atoms with E-state index in [9.17, 15) is 4.79 Å². The first kappa shape index (κ1) is 7.35. The molecule has 0 aliphatic carbocycles. The van der Waals surface area contributed by atoms with E-state index < -0.39 is 0 Å². The van der Waals surface area contributed by atoms with E-state index >= 15 is 0 Å². The van der Waals surface area contributed by atoms with E-state index in [2.05, 4.69) is 0 Å². The van der Waals surface area contributed by atoms with Crippen LogP contribution in [0.5, 0.6) is 0 Å². The van der Waals surface area contributed by atoms with Crippen molar-refractivity contribution in [2.45, 2.75) is 20.0 Å². The van der Waals surface area contributed by atoms with Crippen LogP contribution in [0.25, 0.3) is 0 Å². The Hall–Kier alpha value is -1.31. The first-order valence-electron chi connectivity index (χ1n) is 4.00. The number of cyclic esters (lactones) is 1. The number of carbonyl (C=O) groups is 1. The van der Waals surface area contributed by atoms with Crippen molar-refractivity contribution in [2.75, 3.05) is 0 Å². The fourth-order valence-corrected chi connectivity index (χ4v) is 1.68. The van der Waals surface area contributed by atoms with Crippen molar-refractivity contribution in [3.63, 3.8) is 0 Å². The van der Waals surface area contributed by atoms with Crippen LogP contribution in [-0.4, -0.2) is 5.97 Å². The Labute approximate surface area is 71.2 Å². The molecular weight excluding hydrogens is 152 g/mol. The molecule has 1 aliphatic rings. The second kappa shape index (κ2) is 2.34. The quantitative estimate of drug-likeness (QED) is 0.547. The van der Waals surface area contributed by atoms with Gasteiger partial charge in [-0.15, -0.1) is 0 Å². The second-order valence-electron chi connectivity index (χ2n) is 3.08. The molecule has 1 aromatic rings. The van der Waals surface area contributed by atoms with Crippen LogP contribution in [0.4, 0.5) is 0 Å². The fraction of sp³-hybridized carbons (Fsp3) is 0.300. The molecule has 0 N–H and O–H groups in total. The molecule has 1 aliphatic heterocycles. The summed E-state index contributed by atoms with van der Waals surface area (Å²) in [6, 6.07) is 5.69. The summed E-state index contributed by atoms with van der Waals surface area (Å²) >= 11 is 0. The van der Waals surface area contributed by atoms with Gasteiger partial charge in [-0.25, -0.2) is 4.79 Å². The van der Waals surface area contributed by atoms with Gasteiger partial charge in [-0.1, -0.05) is 12.1 Å². The number of aryl methyl sites for hydroxylation is 1. The molecule has 0 spiro atoms. The Morgan fingerprint density at radius 2 is 2.17 bits per heavy atom. The van der Waals surface area contributed by atoms with E-state index in [1.165, 1.54) is 0 Å². The zero-order chi connectivity index (χ0) is 8.72. The van der Waals surface area contributed by atoms with Gasteiger partial charge in [0, 0.05) is 5.56 Å². The number of carbonyl (C=O) groups excluding carboxylic acids is 1. The van der Waals surface area contributed by atoms with Gasteiger partial charge in [-0.3, -0.25) is 0 Å². The number of benzene rings is 1. The van der Waals surface area contributed by atoms with Gasteiger partial charge in [0.2, 0.25) is 0 Å². The zero-order valence-electron chi connectivity index (χ0n) is 7.13. The third-order valence-electron chi connectivity index (χ3n) is 2.23. The monoisotopic (exact) mass is 162 g/mol. The predicted molar refractivity (Wildman–Crippen MR) is 45.0 cm³/mol. The minimum atomic E-state index is -0.193. The molecule has 2 heteroatoms. The topological polar surface area (TPSA) is 26.3 Å². The highest BCUT2D eigenvalue weighted by Gasteiger charge is 2.28. The van der Waals surface area contributed by atoms with Gasteiger partial charge in [0.05, 0.1) is 5.56 Å². The van der Waals surface area contributed by atoms with Crippen LogP contribution in [0.3, 0.4) is 0 Å². The summed E-state index contributed by atoms with van der Waals surface area (Å²) in [5, 5.41) is 0. The predicted octanol–water partition coefficient (Wildman–Crippen LogP) is 2.23. The normalized spacial score (nSPS) is 20.5. The lowest BCUT2D eigenvalue weighted by Crippen LogP contribution is -1.93. The van der Waals surface area contributed by atoms with Crippen LogP contribution in [0.15, 0.2) is 18.2 Å². The molecule has 0 fully saturated rings. The van der Waals surface area contributed by atoms with Crippen LogP contribution in [-0.2, 0) is 4.74 Å². The first-order chi connectivity index (χ1) is 5.70. The number of fused-ring (bicyclic) bond motifs is 1. The molecule has 1 aromatic carbocycles. The van der Waals surface area contributed by atoms with E-state index in [-0.39, 0.29) is 12.1 Å². The lowest BCUT2D eigenvalue weighted by Gasteiger charge is -2.04. The minimum absolute atomic E-state index is 0.0753. The summed E-state index contributed by atoms with van der Waals surface area (Å²) in [6.45, 7) is 3.90. The molecule has 1 unspecified atom stereocenters. The lowest BCUT2D eigenvalue weighted by molar-refractivity contribution is 0.0421. The maximum absolute atomic E-state index is 11.2. The SMILES string of the molecule is Cc1cccc2c1C(C)OC2=O. The van der Waals surface area contributed by atoms with Crippen molar-refractivity contribution >= 4 is 5.97 Å². The van der Waals surface area contributed by atoms with E-state index in [0.717, 1.165) is 16.7 Å². The second-order valence-corrected chi connectivity index (χ2v) is 3.08. The molecule has 12 heavy (non-hydrogen) atoms. The van der Waals surface area contributed by atoms with Crippen molar-refractivity contribution in [2.24, 2.45) is 0 Å². The Balaban J connectivity index is 2.67. The summed E-state index contributed by atoms with van der Waals surface area (Å²) in [4.78, 5) is 11.2. The van der Waals surface area contributed by atoms with Crippen molar-refractivity contribution in [1.29, 1.82) is 0 Å². The maximum Gasteiger partial charge on any atom is 0.339 e. The third-order valence-corrected chi connectivity index (χ3v) is 2.23. The standard InChI is InChI=1S/C10H10O2/c1-6-4-3-5-8-9(6)7(2)12-10(8)11/h3-5,7H,1-2H3. The number of rotatable bonds is 0. The van der Waals surface area contributed by atoms with Gasteiger partial charge in [-0.05, 0) is 25.5 Å². The Morgan fingerprint density at radius 3 is 2.83 bits per heavy atom. The number of esters is 1. The molecular formula is C10H10O2. The molecule has 0 saturated heterocycles. The van der Waals surface area contributed by atoms with E-state index in [4.69, 9.17) is 4.74 Å². The molecule has 0 bridgehead atoms. The van der Waals surface area contributed by atoms with Crippen molar-refractivity contribution < 1.29 is 9.53 Å². The summed E-state index contributed by atoms with van der Waals surface area (Å²) in [7, 11) is 0. The van der Waals surface area contributed by atoms with E-state index in [1.807, 2.05) is 32.0 Å². The van der Waals surface area contributed by atoms with E-state index in [1.54, 1.807) is 0 Å². The molecule has 62 valence electrons. The number of hydrogen-bond donors (Lipinski definition) is 0. The lowest BCUT2D eigenvalue weighted by atomic mass is 10.0. The molecule has 2 nitrogen and oxygen atoms in total. The number of hydrogen-bond acceptors (Lipinski definition) is 2. The highest BCUT2D eigenvalue weighted by molar-refractivity contribution is 5.94. The van der Waals surface area contributed by atoms with Gasteiger partial charge in [0.1, 0.15) is 6.10 Å². The van der Waals surface area contributed by atoms with Crippen molar-refractivity contribution in [3.05, 3.63) is 34.9 Å². The van der Waals surface area contributed by atoms with Crippen LogP contribution < -0.4 is 0 Å². The summed E-state index contributed by atoms with van der Waals surface area (Å²) in [5.74, 6) is -0.193. The average Bonchev–Trinajstić information content (AvgIpc) is 2.29. The first-order valence-corrected chi connectivity index (χ1v) is 4.00. The zero-order valence-corrected chi connectivity index (χ0v) is 7.13. The molecule has 0 saturated carbocycles.